The maximum Gasteiger partial charge on any atom is 0.267 e. The lowest BCUT2D eigenvalue weighted by Gasteiger charge is -2.21. The summed E-state index contributed by atoms with van der Waals surface area (Å²) >= 11 is 0. The predicted octanol–water partition coefficient (Wildman–Crippen LogP) is 11.8. The van der Waals surface area contributed by atoms with Crippen LogP contribution in [0, 0.1) is 0 Å². The molecule has 290 valence electrons. The summed E-state index contributed by atoms with van der Waals surface area (Å²) in [5, 5.41) is 13.2. The number of hydrogen-bond acceptors (Lipinski definition) is 4. The van der Waals surface area contributed by atoms with Crippen LogP contribution in [0.2, 0.25) is 0 Å². The Morgan fingerprint density at radius 1 is 0.549 bits per heavy atom. The van der Waals surface area contributed by atoms with E-state index in [2.05, 4.69) is 98.2 Å². The summed E-state index contributed by atoms with van der Waals surface area (Å²) in [4.78, 5) is 12.5. The molecule has 0 aliphatic carbocycles. The lowest BCUT2D eigenvalue weighted by atomic mass is 10.0. The van der Waals surface area contributed by atoms with E-state index >= 15 is 0 Å². The van der Waals surface area contributed by atoms with Gasteiger partial charge in [0.15, 0.2) is 0 Å². The van der Waals surface area contributed by atoms with Gasteiger partial charge in [0.05, 0.1) is 17.9 Å². The van der Waals surface area contributed by atoms with Gasteiger partial charge < -0.3 is 10.4 Å². The minimum Gasteiger partial charge on any atom is -0.387 e. The highest BCUT2D eigenvalue weighted by Gasteiger charge is 2.24. The van der Waals surface area contributed by atoms with Crippen molar-refractivity contribution in [2.75, 3.05) is 5.75 Å². The van der Waals surface area contributed by atoms with Crippen molar-refractivity contribution in [3.05, 3.63) is 97.2 Å². The molecule has 1 amide bonds. The van der Waals surface area contributed by atoms with Crippen LogP contribution in [0.4, 0.5) is 0 Å². The van der Waals surface area contributed by atoms with Gasteiger partial charge in [0.1, 0.15) is 0 Å². The molecule has 0 aliphatic rings. The van der Waals surface area contributed by atoms with Crippen LogP contribution >= 0.6 is 0 Å². The third kappa shape index (κ3) is 38.3. The maximum atomic E-state index is 12.5. The number of hydrogen-bond donors (Lipinski definition) is 3. The van der Waals surface area contributed by atoms with Crippen LogP contribution in [0.1, 0.15) is 155 Å². The van der Waals surface area contributed by atoms with E-state index in [-0.39, 0.29) is 12.3 Å². The Hall–Kier alpha value is -2.74. The molecule has 0 spiro atoms. The number of unbranched alkanes of at least 4 members (excludes halogenated alkanes) is 12. The zero-order chi connectivity index (χ0) is 37.5. The highest BCUT2D eigenvalue weighted by Crippen LogP contribution is 2.12. The molecule has 51 heavy (non-hydrogen) atoms. The quantitative estimate of drug-likeness (QED) is 0.0348. The number of allylic oxidation sites excluding steroid dienone is 15. The third-order valence-corrected chi connectivity index (χ3v) is 9.05. The molecule has 0 heterocycles. The first-order valence-electron chi connectivity index (χ1n) is 19.9. The van der Waals surface area contributed by atoms with Crippen LogP contribution in [0.5, 0.6) is 0 Å². The molecular formula is C44H73NO5S. The molecule has 0 saturated heterocycles. The number of rotatable bonds is 34. The van der Waals surface area contributed by atoms with E-state index in [4.69, 9.17) is 0 Å². The second-order valence-electron chi connectivity index (χ2n) is 13.2. The average molecular weight is 728 g/mol. The van der Waals surface area contributed by atoms with E-state index in [0.29, 0.717) is 6.42 Å². The van der Waals surface area contributed by atoms with Crippen LogP contribution in [-0.2, 0) is 14.9 Å². The minimum absolute atomic E-state index is 0.210. The Morgan fingerprint density at radius 3 is 1.37 bits per heavy atom. The minimum atomic E-state index is -4.37. The predicted molar refractivity (Wildman–Crippen MR) is 220 cm³/mol. The molecule has 0 aliphatic heterocycles. The van der Waals surface area contributed by atoms with Crippen molar-refractivity contribution in [3.63, 3.8) is 0 Å². The van der Waals surface area contributed by atoms with Gasteiger partial charge in [-0.2, -0.15) is 8.42 Å². The van der Waals surface area contributed by atoms with Gasteiger partial charge in [-0.1, -0.05) is 175 Å². The number of aliphatic hydroxyl groups excluding tert-OH is 1. The first-order valence-corrected chi connectivity index (χ1v) is 21.5. The first-order chi connectivity index (χ1) is 24.8. The third-order valence-electron chi connectivity index (χ3n) is 8.27. The van der Waals surface area contributed by atoms with Gasteiger partial charge in [0, 0.05) is 6.42 Å². The average Bonchev–Trinajstić information content (AvgIpc) is 3.09. The Balaban J connectivity index is 4.10. The zero-order valence-corrected chi connectivity index (χ0v) is 33.0. The zero-order valence-electron chi connectivity index (χ0n) is 32.2. The lowest BCUT2D eigenvalue weighted by Crippen LogP contribution is -2.46. The lowest BCUT2D eigenvalue weighted by molar-refractivity contribution is -0.122. The second-order valence-corrected chi connectivity index (χ2v) is 14.7. The van der Waals surface area contributed by atoms with Crippen molar-refractivity contribution in [3.8, 4) is 0 Å². The highest BCUT2D eigenvalue weighted by molar-refractivity contribution is 7.85. The van der Waals surface area contributed by atoms with Crippen molar-refractivity contribution in [2.24, 2.45) is 0 Å². The molecule has 0 aromatic carbocycles. The molecule has 6 nitrogen and oxygen atoms in total. The molecular weight excluding hydrogens is 655 g/mol. The molecule has 0 aromatic heterocycles. The van der Waals surface area contributed by atoms with E-state index in [1.54, 1.807) is 0 Å². The van der Waals surface area contributed by atoms with E-state index in [9.17, 15) is 22.9 Å². The van der Waals surface area contributed by atoms with Gasteiger partial charge in [-0.15, -0.1) is 0 Å². The highest BCUT2D eigenvalue weighted by atomic mass is 32.2. The van der Waals surface area contributed by atoms with Crippen LogP contribution in [0.25, 0.3) is 0 Å². The van der Waals surface area contributed by atoms with Gasteiger partial charge in [-0.05, 0) is 70.6 Å². The summed E-state index contributed by atoms with van der Waals surface area (Å²) in [6, 6.07) is -1.09. The molecule has 0 rings (SSSR count). The fraction of sp³-hybridized carbons (Fsp3) is 0.614. The Labute approximate surface area is 313 Å². The fourth-order valence-corrected chi connectivity index (χ4v) is 6.05. The van der Waals surface area contributed by atoms with E-state index in [1.807, 2.05) is 12.2 Å². The van der Waals surface area contributed by atoms with Crippen LogP contribution in [-0.4, -0.2) is 41.9 Å². The number of carbonyl (C=O) groups excluding carboxylic acids is 1. The van der Waals surface area contributed by atoms with E-state index in [0.717, 1.165) is 70.6 Å². The van der Waals surface area contributed by atoms with E-state index in [1.165, 1.54) is 63.9 Å². The number of nitrogens with one attached hydrogen (secondary N) is 1. The molecule has 2 unspecified atom stereocenters. The van der Waals surface area contributed by atoms with Crippen molar-refractivity contribution in [1.29, 1.82) is 0 Å². The summed E-state index contributed by atoms with van der Waals surface area (Å²) in [6.07, 6.45) is 55.4. The van der Waals surface area contributed by atoms with Gasteiger partial charge in [0.2, 0.25) is 5.91 Å². The van der Waals surface area contributed by atoms with Crippen molar-refractivity contribution in [2.45, 2.75) is 167 Å². The van der Waals surface area contributed by atoms with Gasteiger partial charge in [-0.3, -0.25) is 9.35 Å². The number of carbonyl (C=O) groups is 1. The van der Waals surface area contributed by atoms with Crippen molar-refractivity contribution < 1.29 is 22.9 Å². The van der Waals surface area contributed by atoms with Gasteiger partial charge >= 0.3 is 0 Å². The Bertz CT molecular complexity index is 1160. The normalized spacial score (nSPS) is 14.4. The van der Waals surface area contributed by atoms with Crippen LogP contribution < -0.4 is 5.32 Å². The summed E-state index contributed by atoms with van der Waals surface area (Å²) in [5.41, 5.74) is 0. The fourth-order valence-electron chi connectivity index (χ4n) is 5.32. The molecule has 2 atom stereocenters. The monoisotopic (exact) mass is 728 g/mol. The summed E-state index contributed by atoms with van der Waals surface area (Å²) in [6.45, 7) is 4.39. The first kappa shape index (κ1) is 48.3. The number of aliphatic hydroxyl groups is 1. The molecule has 0 saturated carbocycles. The topological polar surface area (TPSA) is 104 Å². The number of amides is 1. The van der Waals surface area contributed by atoms with Crippen LogP contribution in [0.15, 0.2) is 97.2 Å². The Kier molecular flexibility index (Phi) is 35.0. The largest absolute Gasteiger partial charge is 0.387 e. The van der Waals surface area contributed by atoms with E-state index < -0.39 is 28.0 Å². The molecule has 0 fully saturated rings. The van der Waals surface area contributed by atoms with Gasteiger partial charge in [0.25, 0.3) is 10.1 Å². The molecule has 0 radical (unpaired) electrons. The molecule has 0 aromatic rings. The standard InChI is InChI=1S/C44H73NO5S/c1-3-5-7-9-11-13-15-17-18-19-20-21-22-23-24-25-26-28-30-32-34-36-38-40-44(47)45-42(41-51(48,49)50)43(46)39-37-35-33-31-29-27-16-14-12-10-8-6-4-2/h5,7,11,13,17-18,20-21,23-24,26,28,32,34,37,39,42-43,46H,3-4,6,8-10,12,14-16,19,22,25,27,29-31,33,35-36,38,40-41H2,1-2H3,(H,45,47)(H,48,49,50)/b7-5-,13-11-,18-17-,21-20-,24-23-,28-26-,34-32-,39-37+. The van der Waals surface area contributed by atoms with Crippen molar-refractivity contribution in [1.82, 2.24) is 5.32 Å². The molecule has 0 bridgehead atoms. The van der Waals surface area contributed by atoms with Crippen molar-refractivity contribution >= 4 is 16.0 Å². The molecule has 7 heteroatoms. The van der Waals surface area contributed by atoms with Crippen LogP contribution in [0.3, 0.4) is 0 Å². The van der Waals surface area contributed by atoms with Gasteiger partial charge in [-0.25, -0.2) is 0 Å². The summed E-state index contributed by atoms with van der Waals surface area (Å²) < 4.78 is 32.4. The summed E-state index contributed by atoms with van der Waals surface area (Å²) in [7, 11) is -4.37. The second kappa shape index (κ2) is 37.0. The maximum absolute atomic E-state index is 12.5. The summed E-state index contributed by atoms with van der Waals surface area (Å²) in [5.74, 6) is -1.07. The smallest absolute Gasteiger partial charge is 0.267 e. The Morgan fingerprint density at radius 2 is 0.941 bits per heavy atom. The SMILES string of the molecule is CC/C=C\C/C=C\C/C=C\C/C=C\C/C=C\C/C=C\C/C=C\CCCC(=O)NC(CS(=O)(=O)O)C(O)/C=C/CCCCCCCCCCCCC. The molecule has 3 N–H and O–H groups in total.